The summed E-state index contributed by atoms with van der Waals surface area (Å²) in [7, 11) is 0. The van der Waals surface area contributed by atoms with Gasteiger partial charge in [0.05, 0.1) is 11.8 Å². The molecule has 1 amide bonds. The van der Waals surface area contributed by atoms with Crippen molar-refractivity contribution in [1.29, 1.82) is 0 Å². The fourth-order valence-corrected chi connectivity index (χ4v) is 3.15. The van der Waals surface area contributed by atoms with E-state index in [1.54, 1.807) is 0 Å². The SMILES string of the molecule is CC(NC(=O)CSc1ccc(Cl)cc1)c1ccc(C(C)(C)C)cc1. The molecular formula is C20H24ClNOS. The molecule has 2 rings (SSSR count). The molecular weight excluding hydrogens is 338 g/mol. The van der Waals surface area contributed by atoms with Crippen LogP contribution < -0.4 is 5.32 Å². The van der Waals surface area contributed by atoms with E-state index in [2.05, 4.69) is 50.4 Å². The third-order valence-corrected chi connectivity index (χ3v) is 5.10. The van der Waals surface area contributed by atoms with Crippen molar-refractivity contribution in [2.45, 2.75) is 44.0 Å². The van der Waals surface area contributed by atoms with Gasteiger partial charge in [-0.3, -0.25) is 4.79 Å². The molecule has 0 aromatic heterocycles. The summed E-state index contributed by atoms with van der Waals surface area (Å²) in [5.74, 6) is 0.425. The van der Waals surface area contributed by atoms with Gasteiger partial charge in [0.2, 0.25) is 5.91 Å². The van der Waals surface area contributed by atoms with Crippen LogP contribution in [0.25, 0.3) is 0 Å². The van der Waals surface area contributed by atoms with Crippen molar-refractivity contribution in [2.75, 3.05) is 5.75 Å². The molecule has 4 heteroatoms. The van der Waals surface area contributed by atoms with Crippen molar-refractivity contribution in [1.82, 2.24) is 5.32 Å². The highest BCUT2D eigenvalue weighted by Gasteiger charge is 2.15. The zero-order valence-electron chi connectivity index (χ0n) is 14.6. The number of hydrogen-bond donors (Lipinski definition) is 1. The Morgan fingerprint density at radius 1 is 1.08 bits per heavy atom. The summed E-state index contributed by atoms with van der Waals surface area (Å²) >= 11 is 7.37. The van der Waals surface area contributed by atoms with E-state index in [0.717, 1.165) is 10.5 Å². The summed E-state index contributed by atoms with van der Waals surface area (Å²) in [6.45, 7) is 8.60. The first-order chi connectivity index (χ1) is 11.3. The molecule has 1 N–H and O–H groups in total. The van der Waals surface area contributed by atoms with E-state index in [0.29, 0.717) is 10.8 Å². The van der Waals surface area contributed by atoms with Crippen LogP contribution in [0.2, 0.25) is 5.02 Å². The Bertz CT molecular complexity index is 674. The Balaban J connectivity index is 1.88. The Kier molecular flexibility index (Phi) is 6.36. The van der Waals surface area contributed by atoms with Gasteiger partial charge in [-0.1, -0.05) is 56.6 Å². The van der Waals surface area contributed by atoms with Gasteiger partial charge in [0, 0.05) is 9.92 Å². The van der Waals surface area contributed by atoms with Gasteiger partial charge in [0.1, 0.15) is 0 Å². The summed E-state index contributed by atoms with van der Waals surface area (Å²) in [6, 6.07) is 16.0. The van der Waals surface area contributed by atoms with Crippen molar-refractivity contribution in [3.63, 3.8) is 0 Å². The van der Waals surface area contributed by atoms with Gasteiger partial charge in [-0.25, -0.2) is 0 Å². The summed E-state index contributed by atoms with van der Waals surface area (Å²) in [5.41, 5.74) is 2.55. The molecule has 0 saturated heterocycles. The first-order valence-corrected chi connectivity index (χ1v) is 9.40. The van der Waals surface area contributed by atoms with Crippen LogP contribution in [0.4, 0.5) is 0 Å². The normalized spacial score (nSPS) is 12.7. The van der Waals surface area contributed by atoms with Crippen molar-refractivity contribution < 1.29 is 4.79 Å². The highest BCUT2D eigenvalue weighted by Crippen LogP contribution is 2.24. The molecule has 0 bridgehead atoms. The summed E-state index contributed by atoms with van der Waals surface area (Å²) in [6.07, 6.45) is 0. The Morgan fingerprint density at radius 2 is 1.67 bits per heavy atom. The number of benzene rings is 2. The average Bonchev–Trinajstić information content (AvgIpc) is 2.53. The van der Waals surface area contributed by atoms with Crippen LogP contribution in [0.1, 0.15) is 44.9 Å². The van der Waals surface area contributed by atoms with E-state index < -0.39 is 0 Å². The Morgan fingerprint density at radius 3 is 2.21 bits per heavy atom. The molecule has 128 valence electrons. The highest BCUT2D eigenvalue weighted by atomic mass is 35.5. The van der Waals surface area contributed by atoms with E-state index in [9.17, 15) is 4.79 Å². The van der Waals surface area contributed by atoms with E-state index in [4.69, 9.17) is 11.6 Å². The van der Waals surface area contributed by atoms with Crippen molar-refractivity contribution >= 4 is 29.3 Å². The minimum absolute atomic E-state index is 0.00247. The molecule has 2 nitrogen and oxygen atoms in total. The first kappa shape index (κ1) is 18.9. The summed E-state index contributed by atoms with van der Waals surface area (Å²) in [4.78, 5) is 13.2. The van der Waals surface area contributed by atoms with Gasteiger partial charge in [-0.2, -0.15) is 0 Å². The molecule has 0 spiro atoms. The fraction of sp³-hybridized carbons (Fsp3) is 0.350. The van der Waals surface area contributed by atoms with Gasteiger partial charge < -0.3 is 5.32 Å². The molecule has 0 radical (unpaired) electrons. The number of carbonyl (C=O) groups excluding carboxylic acids is 1. The van der Waals surface area contributed by atoms with E-state index in [-0.39, 0.29) is 17.4 Å². The highest BCUT2D eigenvalue weighted by molar-refractivity contribution is 8.00. The maximum Gasteiger partial charge on any atom is 0.230 e. The number of nitrogens with one attached hydrogen (secondary N) is 1. The lowest BCUT2D eigenvalue weighted by Crippen LogP contribution is -2.28. The molecule has 0 fully saturated rings. The summed E-state index contributed by atoms with van der Waals surface area (Å²) in [5, 5.41) is 3.75. The number of amides is 1. The third kappa shape index (κ3) is 5.57. The van der Waals surface area contributed by atoms with E-state index in [1.807, 2.05) is 31.2 Å². The molecule has 1 unspecified atom stereocenters. The average molecular weight is 362 g/mol. The maximum atomic E-state index is 12.1. The first-order valence-electron chi connectivity index (χ1n) is 8.04. The molecule has 0 aliphatic rings. The minimum Gasteiger partial charge on any atom is -0.349 e. The molecule has 2 aromatic carbocycles. The van der Waals surface area contributed by atoms with Crippen LogP contribution >= 0.6 is 23.4 Å². The number of thioether (sulfide) groups is 1. The maximum absolute atomic E-state index is 12.1. The molecule has 0 aliphatic heterocycles. The van der Waals surface area contributed by atoms with Crippen molar-refractivity contribution in [3.8, 4) is 0 Å². The second kappa shape index (κ2) is 8.09. The zero-order chi connectivity index (χ0) is 17.7. The van der Waals surface area contributed by atoms with Crippen molar-refractivity contribution in [2.24, 2.45) is 0 Å². The predicted molar refractivity (Wildman–Crippen MR) is 104 cm³/mol. The quantitative estimate of drug-likeness (QED) is 0.701. The smallest absolute Gasteiger partial charge is 0.230 e. The number of carbonyl (C=O) groups is 1. The lowest BCUT2D eigenvalue weighted by molar-refractivity contribution is -0.119. The lowest BCUT2D eigenvalue weighted by atomic mass is 9.86. The number of rotatable bonds is 5. The molecule has 24 heavy (non-hydrogen) atoms. The molecule has 2 aromatic rings. The van der Waals surface area contributed by atoms with Crippen LogP contribution in [0.15, 0.2) is 53.4 Å². The van der Waals surface area contributed by atoms with Crippen LogP contribution in [0.3, 0.4) is 0 Å². The largest absolute Gasteiger partial charge is 0.349 e. The Hall–Kier alpha value is -1.45. The van der Waals surface area contributed by atoms with E-state index >= 15 is 0 Å². The molecule has 0 saturated carbocycles. The molecule has 0 heterocycles. The second-order valence-electron chi connectivity index (χ2n) is 6.90. The van der Waals surface area contributed by atoms with Crippen LogP contribution in [0, 0.1) is 0 Å². The topological polar surface area (TPSA) is 29.1 Å². The van der Waals surface area contributed by atoms with Gasteiger partial charge in [-0.15, -0.1) is 11.8 Å². The number of hydrogen-bond acceptors (Lipinski definition) is 2. The monoisotopic (exact) mass is 361 g/mol. The van der Waals surface area contributed by atoms with Gasteiger partial charge >= 0.3 is 0 Å². The second-order valence-corrected chi connectivity index (χ2v) is 8.39. The van der Waals surface area contributed by atoms with Gasteiger partial charge in [0.25, 0.3) is 0 Å². The van der Waals surface area contributed by atoms with Gasteiger partial charge in [0.15, 0.2) is 0 Å². The van der Waals surface area contributed by atoms with Crippen molar-refractivity contribution in [3.05, 3.63) is 64.7 Å². The lowest BCUT2D eigenvalue weighted by Gasteiger charge is -2.20. The van der Waals surface area contributed by atoms with Crippen LogP contribution in [-0.4, -0.2) is 11.7 Å². The van der Waals surface area contributed by atoms with E-state index in [1.165, 1.54) is 17.3 Å². The Labute approximate surface area is 154 Å². The fourth-order valence-electron chi connectivity index (χ4n) is 2.32. The standard InChI is InChI=1S/C20H24ClNOS/c1-14(15-5-7-16(8-6-15)20(2,3)4)22-19(23)13-24-18-11-9-17(21)10-12-18/h5-12,14H,13H2,1-4H3,(H,22,23). The zero-order valence-corrected chi connectivity index (χ0v) is 16.2. The minimum atomic E-state index is -0.00247. The predicted octanol–water partition coefficient (Wildman–Crippen LogP) is 5.61. The number of halogens is 1. The van der Waals surface area contributed by atoms with Gasteiger partial charge in [-0.05, 0) is 47.7 Å². The van der Waals surface area contributed by atoms with Crippen LogP contribution in [0.5, 0.6) is 0 Å². The summed E-state index contributed by atoms with van der Waals surface area (Å²) < 4.78 is 0. The third-order valence-electron chi connectivity index (χ3n) is 3.84. The molecule has 1 atom stereocenters. The van der Waals surface area contributed by atoms with Crippen LogP contribution in [-0.2, 0) is 10.2 Å². The molecule has 0 aliphatic carbocycles.